The van der Waals surface area contributed by atoms with Crippen molar-refractivity contribution >= 4 is 23.6 Å². The van der Waals surface area contributed by atoms with Crippen LogP contribution in [0.25, 0.3) is 0 Å². The van der Waals surface area contributed by atoms with Crippen LogP contribution in [0.5, 0.6) is 0 Å². The smallest absolute Gasteiger partial charge is 0.334 e. The van der Waals surface area contributed by atoms with Crippen molar-refractivity contribution in [1.29, 1.82) is 0 Å². The number of benzene rings is 1. The number of carbonyl (C=O) groups is 3. The van der Waals surface area contributed by atoms with Crippen LogP contribution in [-0.4, -0.2) is 59.3 Å². The van der Waals surface area contributed by atoms with Crippen LogP contribution in [0.15, 0.2) is 24.3 Å². The molecule has 25 heavy (non-hydrogen) atoms. The summed E-state index contributed by atoms with van der Waals surface area (Å²) in [7, 11) is 0. The van der Waals surface area contributed by atoms with E-state index in [4.69, 9.17) is 9.84 Å². The van der Waals surface area contributed by atoms with E-state index in [1.807, 2.05) is 0 Å². The molecule has 1 aliphatic heterocycles. The van der Waals surface area contributed by atoms with E-state index in [1.54, 1.807) is 31.2 Å². The molecule has 1 heterocycles. The first kappa shape index (κ1) is 17.2. The lowest BCUT2D eigenvalue weighted by atomic mass is 10.1. The number of aliphatic carboxylic acids is 1. The lowest BCUT2D eigenvalue weighted by Crippen LogP contribution is -2.51. The molecule has 2 atom stereocenters. The normalized spacial score (nSPS) is 23.0. The molecule has 0 bridgehead atoms. The maximum Gasteiger partial charge on any atom is 0.334 e. The van der Waals surface area contributed by atoms with Crippen molar-refractivity contribution in [2.45, 2.75) is 38.0 Å². The van der Waals surface area contributed by atoms with Crippen molar-refractivity contribution < 1.29 is 24.2 Å². The predicted octanol–water partition coefficient (Wildman–Crippen LogP) is 1.28. The summed E-state index contributed by atoms with van der Waals surface area (Å²) in [6.07, 6.45) is 0.598. The van der Waals surface area contributed by atoms with Gasteiger partial charge in [-0.15, -0.1) is 0 Å². The number of urea groups is 1. The Balaban J connectivity index is 1.67. The minimum absolute atomic E-state index is 0.00166. The van der Waals surface area contributed by atoms with Gasteiger partial charge in [-0.25, -0.2) is 9.59 Å². The Bertz CT molecular complexity index is 689. The van der Waals surface area contributed by atoms with Gasteiger partial charge in [-0.2, -0.15) is 0 Å². The van der Waals surface area contributed by atoms with Gasteiger partial charge in [0, 0.05) is 23.8 Å². The Labute approximate surface area is 145 Å². The average molecular weight is 347 g/mol. The zero-order valence-corrected chi connectivity index (χ0v) is 13.9. The Hall–Kier alpha value is -2.61. The van der Waals surface area contributed by atoms with Gasteiger partial charge in [-0.05, 0) is 38.0 Å². The zero-order chi connectivity index (χ0) is 18.0. The van der Waals surface area contributed by atoms with Gasteiger partial charge >= 0.3 is 12.0 Å². The molecule has 0 spiro atoms. The summed E-state index contributed by atoms with van der Waals surface area (Å²) in [6, 6.07) is 6.56. The van der Waals surface area contributed by atoms with Crippen molar-refractivity contribution in [2.75, 3.05) is 18.4 Å². The highest BCUT2D eigenvalue weighted by molar-refractivity contribution is 5.97. The molecular weight excluding hydrogens is 326 g/mol. The van der Waals surface area contributed by atoms with Crippen molar-refractivity contribution in [2.24, 2.45) is 0 Å². The van der Waals surface area contributed by atoms with E-state index in [-0.39, 0.29) is 30.6 Å². The fraction of sp³-hybridized carbons (Fsp3) is 0.471. The second-order valence-electron chi connectivity index (χ2n) is 6.44. The van der Waals surface area contributed by atoms with E-state index in [1.165, 1.54) is 4.90 Å². The molecule has 1 saturated heterocycles. The highest BCUT2D eigenvalue weighted by Crippen LogP contribution is 2.20. The molecule has 1 unspecified atom stereocenters. The summed E-state index contributed by atoms with van der Waals surface area (Å²) in [6.45, 7) is 2.05. The standard InChI is InChI=1S/C17H21N3O5/c1-10-8-20(9-14(25-10)16(22)23)15(21)11-3-2-4-13(7-11)19-17(24)18-12-5-6-12/h2-4,7,10,12,14H,5-6,8-9H2,1H3,(H,22,23)(H2,18,19,24)/t10-,14?/m1/s1. The number of nitrogens with zero attached hydrogens (tertiary/aromatic N) is 1. The largest absolute Gasteiger partial charge is 0.479 e. The molecule has 0 radical (unpaired) electrons. The molecule has 8 nitrogen and oxygen atoms in total. The molecular formula is C17H21N3O5. The summed E-state index contributed by atoms with van der Waals surface area (Å²) in [4.78, 5) is 37.1. The fourth-order valence-corrected chi connectivity index (χ4v) is 2.75. The van der Waals surface area contributed by atoms with Crippen molar-refractivity contribution in [3.63, 3.8) is 0 Å². The third-order valence-electron chi connectivity index (χ3n) is 4.10. The number of morpholine rings is 1. The van der Waals surface area contributed by atoms with Crippen LogP contribution in [0.3, 0.4) is 0 Å². The number of ether oxygens (including phenoxy) is 1. The third kappa shape index (κ3) is 4.48. The van der Waals surface area contributed by atoms with Crippen molar-refractivity contribution in [3.8, 4) is 0 Å². The lowest BCUT2D eigenvalue weighted by molar-refractivity contribution is -0.160. The van der Waals surface area contributed by atoms with Crippen LogP contribution in [0.1, 0.15) is 30.1 Å². The molecule has 3 amide bonds. The minimum atomic E-state index is -1.09. The first-order chi connectivity index (χ1) is 11.9. The van der Waals surface area contributed by atoms with Crippen LogP contribution in [0.4, 0.5) is 10.5 Å². The van der Waals surface area contributed by atoms with E-state index >= 15 is 0 Å². The average Bonchev–Trinajstić information content (AvgIpc) is 3.37. The molecule has 1 saturated carbocycles. The number of hydrogen-bond donors (Lipinski definition) is 3. The van der Waals surface area contributed by atoms with Crippen LogP contribution in [0.2, 0.25) is 0 Å². The first-order valence-electron chi connectivity index (χ1n) is 8.27. The molecule has 2 aliphatic rings. The second kappa shape index (κ2) is 7.10. The summed E-state index contributed by atoms with van der Waals surface area (Å²) < 4.78 is 5.32. The van der Waals surface area contributed by atoms with E-state index in [0.717, 1.165) is 12.8 Å². The molecule has 1 aliphatic carbocycles. The Kier molecular flexibility index (Phi) is 4.89. The Morgan fingerprint density at radius 3 is 2.68 bits per heavy atom. The maximum atomic E-state index is 12.7. The van der Waals surface area contributed by atoms with Gasteiger partial charge in [0.15, 0.2) is 6.10 Å². The number of carboxylic acid groups (broad SMARTS) is 1. The monoisotopic (exact) mass is 347 g/mol. The molecule has 8 heteroatoms. The number of amides is 3. The van der Waals surface area contributed by atoms with Gasteiger partial charge in [0.2, 0.25) is 0 Å². The van der Waals surface area contributed by atoms with Gasteiger partial charge < -0.3 is 25.4 Å². The highest BCUT2D eigenvalue weighted by Gasteiger charge is 2.33. The van der Waals surface area contributed by atoms with Crippen LogP contribution in [-0.2, 0) is 9.53 Å². The van der Waals surface area contributed by atoms with Gasteiger partial charge in [-0.3, -0.25) is 4.79 Å². The SMILES string of the molecule is C[C@@H]1CN(C(=O)c2cccc(NC(=O)NC3CC3)c2)CC(C(=O)O)O1. The molecule has 3 rings (SSSR count). The summed E-state index contributed by atoms with van der Waals surface area (Å²) >= 11 is 0. The molecule has 0 aromatic heterocycles. The number of carboxylic acids is 1. The van der Waals surface area contributed by atoms with Crippen LogP contribution >= 0.6 is 0 Å². The number of rotatable bonds is 4. The van der Waals surface area contributed by atoms with Crippen molar-refractivity contribution in [1.82, 2.24) is 10.2 Å². The van der Waals surface area contributed by atoms with E-state index in [0.29, 0.717) is 17.8 Å². The molecule has 134 valence electrons. The molecule has 2 fully saturated rings. The van der Waals surface area contributed by atoms with Gasteiger partial charge in [0.1, 0.15) is 0 Å². The highest BCUT2D eigenvalue weighted by atomic mass is 16.5. The van der Waals surface area contributed by atoms with Gasteiger partial charge in [0.25, 0.3) is 5.91 Å². The quantitative estimate of drug-likeness (QED) is 0.760. The third-order valence-corrected chi connectivity index (χ3v) is 4.10. The maximum absolute atomic E-state index is 12.7. The van der Waals surface area contributed by atoms with Crippen LogP contribution < -0.4 is 10.6 Å². The molecule has 1 aromatic rings. The number of anilines is 1. The number of hydrogen-bond acceptors (Lipinski definition) is 4. The summed E-state index contributed by atoms with van der Waals surface area (Å²) in [5.74, 6) is -1.37. The minimum Gasteiger partial charge on any atom is -0.479 e. The topological polar surface area (TPSA) is 108 Å². The summed E-state index contributed by atoms with van der Waals surface area (Å²) in [5, 5.41) is 14.6. The molecule has 3 N–H and O–H groups in total. The first-order valence-corrected chi connectivity index (χ1v) is 8.27. The van der Waals surface area contributed by atoms with Gasteiger partial charge in [0.05, 0.1) is 12.6 Å². The second-order valence-corrected chi connectivity index (χ2v) is 6.44. The number of carbonyl (C=O) groups excluding carboxylic acids is 2. The van der Waals surface area contributed by atoms with E-state index < -0.39 is 12.1 Å². The Morgan fingerprint density at radius 1 is 1.24 bits per heavy atom. The predicted molar refractivity (Wildman–Crippen MR) is 89.5 cm³/mol. The fourth-order valence-electron chi connectivity index (χ4n) is 2.75. The summed E-state index contributed by atoms with van der Waals surface area (Å²) in [5.41, 5.74) is 0.905. The lowest BCUT2D eigenvalue weighted by Gasteiger charge is -2.35. The van der Waals surface area contributed by atoms with E-state index in [9.17, 15) is 14.4 Å². The van der Waals surface area contributed by atoms with Crippen LogP contribution in [0, 0.1) is 0 Å². The molecule has 1 aromatic carbocycles. The Morgan fingerprint density at radius 2 is 2.00 bits per heavy atom. The van der Waals surface area contributed by atoms with Gasteiger partial charge in [-0.1, -0.05) is 6.07 Å². The zero-order valence-electron chi connectivity index (χ0n) is 13.9. The number of nitrogens with one attached hydrogen (secondary N) is 2. The van der Waals surface area contributed by atoms with Crippen molar-refractivity contribution in [3.05, 3.63) is 29.8 Å². The van der Waals surface area contributed by atoms with E-state index in [2.05, 4.69) is 10.6 Å².